The Labute approximate surface area is 171 Å². The Balaban J connectivity index is 1.89. The molecule has 0 spiro atoms. The number of sulfonamides is 1. The molecule has 0 aliphatic rings. The predicted octanol–water partition coefficient (Wildman–Crippen LogP) is 4.61. The lowest BCUT2D eigenvalue weighted by atomic mass is 10.0. The Bertz CT molecular complexity index is 1060. The quantitative estimate of drug-likeness (QED) is 0.572. The first kappa shape index (κ1) is 20.6. The van der Waals surface area contributed by atoms with Crippen molar-refractivity contribution < 1.29 is 17.9 Å². The summed E-state index contributed by atoms with van der Waals surface area (Å²) in [5.74, 6) is 0.165. The monoisotopic (exact) mass is 409 g/mol. The normalized spacial score (nSPS) is 11.3. The third-order valence-corrected chi connectivity index (χ3v) is 6.15. The minimum absolute atomic E-state index is 0.0407. The van der Waals surface area contributed by atoms with Crippen molar-refractivity contribution in [3.05, 3.63) is 90.5 Å². The number of amides is 1. The molecule has 6 heteroatoms. The molecule has 0 fully saturated rings. The lowest BCUT2D eigenvalue weighted by Gasteiger charge is -2.23. The Morgan fingerprint density at radius 3 is 2.14 bits per heavy atom. The van der Waals surface area contributed by atoms with E-state index in [-0.39, 0.29) is 10.6 Å². The molecule has 0 radical (unpaired) electrons. The van der Waals surface area contributed by atoms with E-state index in [2.05, 4.69) is 13.8 Å². The standard InChI is InChI=1S/C23H23NO4S/c1-18(2)19-10-9-13-21(16-19)28-17-23(25)24(20-11-5-3-6-12-20)29(26,27)22-14-7-4-8-15-22/h3-16,18H,17H2,1-2H3. The molecule has 0 saturated heterocycles. The van der Waals surface area contributed by atoms with Crippen LogP contribution >= 0.6 is 0 Å². The second-order valence-electron chi connectivity index (χ2n) is 6.83. The van der Waals surface area contributed by atoms with Gasteiger partial charge < -0.3 is 4.74 Å². The van der Waals surface area contributed by atoms with E-state index in [9.17, 15) is 13.2 Å². The Morgan fingerprint density at radius 1 is 0.897 bits per heavy atom. The van der Waals surface area contributed by atoms with E-state index in [1.165, 1.54) is 12.1 Å². The van der Waals surface area contributed by atoms with E-state index < -0.39 is 22.5 Å². The van der Waals surface area contributed by atoms with Crippen molar-refractivity contribution >= 4 is 21.6 Å². The number of benzene rings is 3. The zero-order valence-electron chi connectivity index (χ0n) is 16.4. The van der Waals surface area contributed by atoms with Gasteiger partial charge in [0.15, 0.2) is 6.61 Å². The molecular weight excluding hydrogens is 386 g/mol. The summed E-state index contributed by atoms with van der Waals surface area (Å²) in [7, 11) is -4.08. The van der Waals surface area contributed by atoms with Gasteiger partial charge in [0.05, 0.1) is 10.6 Å². The van der Waals surface area contributed by atoms with Gasteiger partial charge in [-0.25, -0.2) is 8.42 Å². The number of hydrogen-bond donors (Lipinski definition) is 0. The second kappa shape index (κ2) is 8.92. The minimum atomic E-state index is -4.08. The van der Waals surface area contributed by atoms with Crippen LogP contribution in [0.5, 0.6) is 5.75 Å². The molecule has 0 atom stereocenters. The van der Waals surface area contributed by atoms with Gasteiger partial charge in [-0.3, -0.25) is 4.79 Å². The van der Waals surface area contributed by atoms with Gasteiger partial charge in [-0.05, 0) is 47.9 Å². The Hall–Kier alpha value is -3.12. The minimum Gasteiger partial charge on any atom is -0.484 e. The number of carbonyl (C=O) groups is 1. The molecule has 0 bridgehead atoms. The van der Waals surface area contributed by atoms with Crippen LogP contribution in [0.3, 0.4) is 0 Å². The second-order valence-corrected chi connectivity index (χ2v) is 8.61. The van der Waals surface area contributed by atoms with Crippen LogP contribution < -0.4 is 9.04 Å². The van der Waals surface area contributed by atoms with Gasteiger partial charge in [-0.15, -0.1) is 0 Å². The van der Waals surface area contributed by atoms with E-state index in [1.54, 1.807) is 54.6 Å². The largest absolute Gasteiger partial charge is 0.484 e. The smallest absolute Gasteiger partial charge is 0.278 e. The zero-order valence-corrected chi connectivity index (χ0v) is 17.2. The van der Waals surface area contributed by atoms with Crippen molar-refractivity contribution in [3.63, 3.8) is 0 Å². The Kier molecular flexibility index (Phi) is 6.34. The number of para-hydroxylation sites is 1. The lowest BCUT2D eigenvalue weighted by Crippen LogP contribution is -2.40. The number of ether oxygens (including phenoxy) is 1. The summed E-state index contributed by atoms with van der Waals surface area (Å²) in [4.78, 5) is 13.0. The SMILES string of the molecule is CC(C)c1cccc(OCC(=O)N(c2ccccc2)S(=O)(=O)c2ccccc2)c1. The molecule has 5 nitrogen and oxygen atoms in total. The fourth-order valence-corrected chi connectivity index (χ4v) is 4.28. The first-order valence-corrected chi connectivity index (χ1v) is 10.7. The van der Waals surface area contributed by atoms with Gasteiger partial charge in [0, 0.05) is 0 Å². The summed E-state index contributed by atoms with van der Waals surface area (Å²) in [5.41, 5.74) is 1.34. The summed E-state index contributed by atoms with van der Waals surface area (Å²) in [6.07, 6.45) is 0. The van der Waals surface area contributed by atoms with Crippen LogP contribution in [0.2, 0.25) is 0 Å². The Morgan fingerprint density at radius 2 is 1.52 bits per heavy atom. The van der Waals surface area contributed by atoms with Crippen LogP contribution in [0, 0.1) is 0 Å². The zero-order chi connectivity index (χ0) is 20.9. The van der Waals surface area contributed by atoms with E-state index >= 15 is 0 Å². The summed E-state index contributed by atoms with van der Waals surface area (Å²) in [5, 5.41) is 0. The number of hydrogen-bond acceptors (Lipinski definition) is 4. The molecule has 0 saturated carbocycles. The number of anilines is 1. The van der Waals surface area contributed by atoms with Crippen molar-refractivity contribution in [3.8, 4) is 5.75 Å². The van der Waals surface area contributed by atoms with Crippen molar-refractivity contribution in [1.29, 1.82) is 0 Å². The average Bonchev–Trinajstić information content (AvgIpc) is 2.74. The van der Waals surface area contributed by atoms with Crippen molar-refractivity contribution in [2.24, 2.45) is 0 Å². The third kappa shape index (κ3) is 4.84. The first-order chi connectivity index (χ1) is 13.9. The number of carbonyl (C=O) groups excluding carboxylic acids is 1. The first-order valence-electron chi connectivity index (χ1n) is 9.30. The maximum atomic E-state index is 13.2. The van der Waals surface area contributed by atoms with Crippen LogP contribution in [0.15, 0.2) is 89.8 Å². The third-order valence-electron chi connectivity index (χ3n) is 4.39. The van der Waals surface area contributed by atoms with E-state index in [4.69, 9.17) is 4.74 Å². The molecule has 0 aliphatic heterocycles. The van der Waals surface area contributed by atoms with Crippen LogP contribution in [0.25, 0.3) is 0 Å². The van der Waals surface area contributed by atoms with Gasteiger partial charge in [0.1, 0.15) is 5.75 Å². The van der Waals surface area contributed by atoms with Gasteiger partial charge >= 0.3 is 0 Å². The maximum absolute atomic E-state index is 13.2. The fourth-order valence-electron chi connectivity index (χ4n) is 2.85. The van der Waals surface area contributed by atoms with Crippen molar-refractivity contribution in [2.75, 3.05) is 10.9 Å². The molecule has 150 valence electrons. The molecular formula is C23H23NO4S. The lowest BCUT2D eigenvalue weighted by molar-refractivity contribution is -0.119. The fraction of sp³-hybridized carbons (Fsp3) is 0.174. The molecule has 3 rings (SSSR count). The summed E-state index contributed by atoms with van der Waals surface area (Å²) < 4.78 is 32.8. The van der Waals surface area contributed by atoms with Gasteiger partial charge in [-0.2, -0.15) is 4.31 Å². The predicted molar refractivity (Wildman–Crippen MR) is 114 cm³/mol. The van der Waals surface area contributed by atoms with Crippen LogP contribution in [0.4, 0.5) is 5.69 Å². The average molecular weight is 410 g/mol. The molecule has 29 heavy (non-hydrogen) atoms. The van der Waals surface area contributed by atoms with E-state index in [0.29, 0.717) is 11.7 Å². The topological polar surface area (TPSA) is 63.7 Å². The summed E-state index contributed by atoms with van der Waals surface area (Å²) in [6.45, 7) is 3.73. The van der Waals surface area contributed by atoms with Crippen LogP contribution in [-0.4, -0.2) is 20.9 Å². The van der Waals surface area contributed by atoms with Gasteiger partial charge in [-0.1, -0.05) is 62.4 Å². The highest BCUT2D eigenvalue weighted by molar-refractivity contribution is 7.93. The molecule has 0 aromatic heterocycles. The van der Waals surface area contributed by atoms with E-state index in [0.717, 1.165) is 9.87 Å². The molecule has 3 aromatic rings. The number of nitrogens with zero attached hydrogens (tertiary/aromatic N) is 1. The molecule has 0 N–H and O–H groups in total. The van der Waals surface area contributed by atoms with Crippen LogP contribution in [-0.2, 0) is 14.8 Å². The molecule has 0 heterocycles. The van der Waals surface area contributed by atoms with Crippen LogP contribution in [0.1, 0.15) is 25.3 Å². The highest BCUT2D eigenvalue weighted by atomic mass is 32.2. The van der Waals surface area contributed by atoms with Gasteiger partial charge in [0.25, 0.3) is 15.9 Å². The molecule has 3 aromatic carbocycles. The summed E-state index contributed by atoms with van der Waals surface area (Å²) >= 11 is 0. The maximum Gasteiger partial charge on any atom is 0.278 e. The highest BCUT2D eigenvalue weighted by Crippen LogP contribution is 2.25. The molecule has 1 amide bonds. The van der Waals surface area contributed by atoms with E-state index in [1.807, 2.05) is 18.2 Å². The molecule has 0 unspecified atom stereocenters. The highest BCUT2D eigenvalue weighted by Gasteiger charge is 2.31. The summed E-state index contributed by atoms with van der Waals surface area (Å²) in [6, 6.07) is 23.6. The van der Waals surface area contributed by atoms with Crippen molar-refractivity contribution in [1.82, 2.24) is 0 Å². The van der Waals surface area contributed by atoms with Crippen molar-refractivity contribution in [2.45, 2.75) is 24.7 Å². The molecule has 0 aliphatic carbocycles. The van der Waals surface area contributed by atoms with Gasteiger partial charge in [0.2, 0.25) is 0 Å². The number of rotatable bonds is 7.